The van der Waals surface area contributed by atoms with E-state index in [1.807, 2.05) is 6.92 Å². The van der Waals surface area contributed by atoms with Crippen molar-refractivity contribution in [3.63, 3.8) is 0 Å². The van der Waals surface area contributed by atoms with Crippen molar-refractivity contribution in [2.75, 3.05) is 19.6 Å². The molecular weight excluding hydrogens is 150 g/mol. The maximum atomic E-state index is 9.31. The van der Waals surface area contributed by atoms with E-state index in [0.717, 1.165) is 19.6 Å². The van der Waals surface area contributed by atoms with E-state index in [0.29, 0.717) is 5.92 Å². The van der Waals surface area contributed by atoms with E-state index in [9.17, 15) is 5.11 Å². The number of hydrogen-bond acceptors (Lipinski definition) is 2. The molecule has 0 aliphatic heterocycles. The van der Waals surface area contributed by atoms with Crippen LogP contribution in [0.5, 0.6) is 0 Å². The van der Waals surface area contributed by atoms with Crippen LogP contribution in [0.15, 0.2) is 0 Å². The first-order valence-corrected chi connectivity index (χ1v) is 5.02. The Morgan fingerprint density at radius 1 is 1.25 bits per heavy atom. The van der Waals surface area contributed by atoms with Crippen LogP contribution in [0.2, 0.25) is 0 Å². The van der Waals surface area contributed by atoms with Gasteiger partial charge in [0.25, 0.3) is 0 Å². The highest BCUT2D eigenvalue weighted by molar-refractivity contribution is 4.64. The average Bonchev–Trinajstić information content (AvgIpc) is 2.03. The van der Waals surface area contributed by atoms with E-state index in [2.05, 4.69) is 25.7 Å². The van der Waals surface area contributed by atoms with Crippen molar-refractivity contribution in [3.8, 4) is 0 Å². The molecule has 0 aromatic heterocycles. The molecule has 2 unspecified atom stereocenters. The van der Waals surface area contributed by atoms with Gasteiger partial charge in [-0.25, -0.2) is 0 Å². The summed E-state index contributed by atoms with van der Waals surface area (Å²) in [5.41, 5.74) is 0. The third-order valence-electron chi connectivity index (χ3n) is 2.36. The topological polar surface area (TPSA) is 23.5 Å². The number of rotatable bonds is 6. The molecule has 0 bridgehead atoms. The van der Waals surface area contributed by atoms with Crippen molar-refractivity contribution >= 4 is 0 Å². The molecule has 0 saturated carbocycles. The summed E-state index contributed by atoms with van der Waals surface area (Å²) in [6, 6.07) is 0. The van der Waals surface area contributed by atoms with Crippen LogP contribution in [0.25, 0.3) is 0 Å². The van der Waals surface area contributed by atoms with Crippen molar-refractivity contribution in [2.24, 2.45) is 5.92 Å². The zero-order valence-electron chi connectivity index (χ0n) is 8.88. The molecular formula is C10H23NO. The predicted molar refractivity (Wildman–Crippen MR) is 53.2 cm³/mol. The lowest BCUT2D eigenvalue weighted by atomic mass is 10.1. The van der Waals surface area contributed by atoms with Crippen molar-refractivity contribution < 1.29 is 5.11 Å². The molecule has 2 nitrogen and oxygen atoms in total. The van der Waals surface area contributed by atoms with Crippen molar-refractivity contribution in [1.29, 1.82) is 0 Å². The quantitative estimate of drug-likeness (QED) is 0.661. The van der Waals surface area contributed by atoms with Crippen molar-refractivity contribution in [3.05, 3.63) is 0 Å². The van der Waals surface area contributed by atoms with Gasteiger partial charge in [-0.3, -0.25) is 0 Å². The van der Waals surface area contributed by atoms with E-state index in [1.165, 1.54) is 6.42 Å². The molecule has 12 heavy (non-hydrogen) atoms. The molecule has 0 radical (unpaired) electrons. The van der Waals surface area contributed by atoms with Gasteiger partial charge in [0.2, 0.25) is 0 Å². The van der Waals surface area contributed by atoms with Gasteiger partial charge in [0, 0.05) is 6.54 Å². The predicted octanol–water partition coefficient (Wildman–Crippen LogP) is 1.74. The lowest BCUT2D eigenvalue weighted by molar-refractivity contribution is 0.104. The van der Waals surface area contributed by atoms with Crippen LogP contribution < -0.4 is 0 Å². The molecule has 0 amide bonds. The lowest BCUT2D eigenvalue weighted by Crippen LogP contribution is -2.33. The van der Waals surface area contributed by atoms with Crippen LogP contribution in [0.4, 0.5) is 0 Å². The van der Waals surface area contributed by atoms with Gasteiger partial charge in [-0.15, -0.1) is 0 Å². The summed E-state index contributed by atoms with van der Waals surface area (Å²) in [6.45, 7) is 11.6. The van der Waals surface area contributed by atoms with Crippen LogP contribution in [0.3, 0.4) is 0 Å². The maximum Gasteiger partial charge on any atom is 0.0549 e. The Bertz CT molecular complexity index is 104. The monoisotopic (exact) mass is 173 g/mol. The molecule has 74 valence electrons. The fourth-order valence-electron chi connectivity index (χ4n) is 1.25. The van der Waals surface area contributed by atoms with Crippen LogP contribution in [-0.2, 0) is 0 Å². The Hall–Kier alpha value is -0.0800. The Balaban J connectivity index is 3.68. The summed E-state index contributed by atoms with van der Waals surface area (Å²) in [7, 11) is 0. The Kier molecular flexibility index (Phi) is 6.39. The SMILES string of the molecule is CCCN(CC)CC(C)C(C)O. The van der Waals surface area contributed by atoms with E-state index in [4.69, 9.17) is 0 Å². The maximum absolute atomic E-state index is 9.31. The molecule has 0 aliphatic carbocycles. The molecule has 0 fully saturated rings. The molecule has 2 atom stereocenters. The molecule has 0 saturated heterocycles. The summed E-state index contributed by atoms with van der Waals surface area (Å²) in [4.78, 5) is 2.39. The minimum absolute atomic E-state index is 0.184. The smallest absolute Gasteiger partial charge is 0.0549 e. The second-order valence-electron chi connectivity index (χ2n) is 3.61. The normalized spacial score (nSPS) is 16.5. The second kappa shape index (κ2) is 6.44. The number of nitrogens with zero attached hydrogens (tertiary/aromatic N) is 1. The van der Waals surface area contributed by atoms with Crippen molar-refractivity contribution in [2.45, 2.75) is 40.2 Å². The molecule has 0 spiro atoms. The van der Waals surface area contributed by atoms with Crippen molar-refractivity contribution in [1.82, 2.24) is 4.90 Å². The zero-order chi connectivity index (χ0) is 9.56. The van der Waals surface area contributed by atoms with Gasteiger partial charge in [0.1, 0.15) is 0 Å². The Morgan fingerprint density at radius 3 is 2.17 bits per heavy atom. The summed E-state index contributed by atoms with van der Waals surface area (Å²) >= 11 is 0. The number of hydrogen-bond donors (Lipinski definition) is 1. The van der Waals surface area contributed by atoms with Gasteiger partial charge in [-0.05, 0) is 32.4 Å². The standard InChI is InChI=1S/C10H23NO/c1-5-7-11(6-2)8-9(3)10(4)12/h9-10,12H,5-8H2,1-4H3. The van der Waals surface area contributed by atoms with Gasteiger partial charge in [0.05, 0.1) is 6.10 Å². The molecule has 0 aliphatic rings. The molecule has 2 heteroatoms. The summed E-state index contributed by atoms with van der Waals surface area (Å²) in [6.07, 6.45) is 1.01. The number of aliphatic hydroxyl groups excluding tert-OH is 1. The second-order valence-corrected chi connectivity index (χ2v) is 3.61. The van der Waals surface area contributed by atoms with Crippen LogP contribution >= 0.6 is 0 Å². The highest BCUT2D eigenvalue weighted by Crippen LogP contribution is 2.05. The molecule has 0 aromatic rings. The number of aliphatic hydroxyl groups is 1. The zero-order valence-corrected chi connectivity index (χ0v) is 8.88. The van der Waals surface area contributed by atoms with Crippen LogP contribution in [0, 0.1) is 5.92 Å². The lowest BCUT2D eigenvalue weighted by Gasteiger charge is -2.25. The van der Waals surface area contributed by atoms with Gasteiger partial charge in [-0.1, -0.05) is 20.8 Å². The first-order valence-electron chi connectivity index (χ1n) is 5.02. The first-order chi connectivity index (χ1) is 5.61. The summed E-state index contributed by atoms with van der Waals surface area (Å²) < 4.78 is 0. The highest BCUT2D eigenvalue weighted by Gasteiger charge is 2.11. The van der Waals surface area contributed by atoms with Gasteiger partial charge >= 0.3 is 0 Å². The van der Waals surface area contributed by atoms with Gasteiger partial charge in [0.15, 0.2) is 0 Å². The molecule has 1 N–H and O–H groups in total. The minimum Gasteiger partial charge on any atom is -0.393 e. The minimum atomic E-state index is -0.184. The van der Waals surface area contributed by atoms with E-state index in [1.54, 1.807) is 0 Å². The molecule has 0 rings (SSSR count). The third kappa shape index (κ3) is 4.73. The Labute approximate surface area is 76.6 Å². The summed E-state index contributed by atoms with van der Waals surface area (Å²) in [5.74, 6) is 0.386. The largest absolute Gasteiger partial charge is 0.393 e. The van der Waals surface area contributed by atoms with Gasteiger partial charge in [-0.2, -0.15) is 0 Å². The third-order valence-corrected chi connectivity index (χ3v) is 2.36. The average molecular weight is 173 g/mol. The first kappa shape index (κ1) is 11.9. The van der Waals surface area contributed by atoms with Gasteiger partial charge < -0.3 is 10.0 Å². The van der Waals surface area contributed by atoms with E-state index >= 15 is 0 Å². The van der Waals surface area contributed by atoms with Crippen LogP contribution in [-0.4, -0.2) is 35.7 Å². The summed E-state index contributed by atoms with van der Waals surface area (Å²) in [5, 5.41) is 9.31. The van der Waals surface area contributed by atoms with E-state index in [-0.39, 0.29) is 6.10 Å². The molecule has 0 heterocycles. The van der Waals surface area contributed by atoms with E-state index < -0.39 is 0 Å². The highest BCUT2D eigenvalue weighted by atomic mass is 16.3. The molecule has 0 aromatic carbocycles. The fourth-order valence-corrected chi connectivity index (χ4v) is 1.25. The Morgan fingerprint density at radius 2 is 1.83 bits per heavy atom. The fraction of sp³-hybridized carbons (Fsp3) is 1.00. The van der Waals surface area contributed by atoms with Crippen LogP contribution in [0.1, 0.15) is 34.1 Å².